The van der Waals surface area contributed by atoms with E-state index in [9.17, 15) is 4.79 Å². The van der Waals surface area contributed by atoms with Crippen molar-refractivity contribution in [3.63, 3.8) is 0 Å². The number of aromatic nitrogens is 2. The maximum Gasteiger partial charge on any atom is 0.223 e. The van der Waals surface area contributed by atoms with Crippen molar-refractivity contribution in [2.45, 2.75) is 46.1 Å². The fourth-order valence-electron chi connectivity index (χ4n) is 3.75. The van der Waals surface area contributed by atoms with E-state index < -0.39 is 0 Å². The summed E-state index contributed by atoms with van der Waals surface area (Å²) in [7, 11) is 0. The normalized spacial score (nSPS) is 19.7. The lowest BCUT2D eigenvalue weighted by atomic mass is 9.90. The summed E-state index contributed by atoms with van der Waals surface area (Å²) < 4.78 is 10.8. The SMILES string of the molecule is CC(C)Cc1cc(CNC(=O)C2CCc3sc(N4CCOCC4)nc3C2)on1. The number of morpholine rings is 1. The van der Waals surface area contributed by atoms with Crippen molar-refractivity contribution in [2.75, 3.05) is 31.2 Å². The van der Waals surface area contributed by atoms with Gasteiger partial charge in [-0.05, 0) is 25.2 Å². The first kappa shape index (κ1) is 19.4. The minimum absolute atomic E-state index is 0.0230. The molecule has 0 aromatic carbocycles. The van der Waals surface area contributed by atoms with Crippen LogP contribution in [0, 0.1) is 11.8 Å². The Morgan fingerprint density at radius 2 is 2.21 bits per heavy atom. The fourth-order valence-corrected chi connectivity index (χ4v) is 4.91. The highest BCUT2D eigenvalue weighted by molar-refractivity contribution is 7.15. The highest BCUT2D eigenvalue weighted by atomic mass is 32.1. The first-order valence-electron chi connectivity index (χ1n) is 10.1. The van der Waals surface area contributed by atoms with E-state index in [-0.39, 0.29) is 11.8 Å². The number of thiazole rings is 1. The van der Waals surface area contributed by atoms with Crippen molar-refractivity contribution in [3.05, 3.63) is 28.1 Å². The molecule has 0 radical (unpaired) electrons. The number of ether oxygens (including phenoxy) is 1. The topological polar surface area (TPSA) is 80.5 Å². The van der Waals surface area contributed by atoms with Crippen LogP contribution in [0.4, 0.5) is 5.13 Å². The number of carbonyl (C=O) groups excluding carboxylic acids is 1. The molecule has 1 unspecified atom stereocenters. The van der Waals surface area contributed by atoms with Crippen molar-refractivity contribution in [1.29, 1.82) is 0 Å². The Hall–Kier alpha value is -1.93. The van der Waals surface area contributed by atoms with Crippen LogP contribution >= 0.6 is 11.3 Å². The van der Waals surface area contributed by atoms with E-state index in [0.29, 0.717) is 18.2 Å². The minimum Gasteiger partial charge on any atom is -0.378 e. The third-order valence-corrected chi connectivity index (χ3v) is 6.46. The number of rotatable bonds is 6. The summed E-state index contributed by atoms with van der Waals surface area (Å²) in [5, 5.41) is 8.17. The number of hydrogen-bond donors (Lipinski definition) is 1. The molecule has 0 saturated carbocycles. The fraction of sp³-hybridized carbons (Fsp3) is 0.650. The molecule has 28 heavy (non-hydrogen) atoms. The third kappa shape index (κ3) is 4.55. The van der Waals surface area contributed by atoms with Crippen LogP contribution in [-0.4, -0.2) is 42.4 Å². The summed E-state index contributed by atoms with van der Waals surface area (Å²) in [4.78, 5) is 21.1. The Morgan fingerprint density at radius 1 is 1.39 bits per heavy atom. The predicted molar refractivity (Wildman–Crippen MR) is 108 cm³/mol. The maximum atomic E-state index is 12.6. The zero-order valence-corrected chi connectivity index (χ0v) is 17.4. The van der Waals surface area contributed by atoms with Crippen molar-refractivity contribution < 1.29 is 14.1 Å². The van der Waals surface area contributed by atoms with Crippen LogP contribution in [0.5, 0.6) is 0 Å². The number of amides is 1. The van der Waals surface area contributed by atoms with E-state index in [4.69, 9.17) is 14.2 Å². The highest BCUT2D eigenvalue weighted by Gasteiger charge is 2.29. The van der Waals surface area contributed by atoms with Crippen LogP contribution in [0.2, 0.25) is 0 Å². The number of aryl methyl sites for hydroxylation is 1. The van der Waals surface area contributed by atoms with E-state index in [1.165, 1.54) is 4.88 Å². The quantitative estimate of drug-likeness (QED) is 0.797. The number of nitrogens with one attached hydrogen (secondary N) is 1. The van der Waals surface area contributed by atoms with Crippen LogP contribution in [-0.2, 0) is 35.3 Å². The van der Waals surface area contributed by atoms with E-state index >= 15 is 0 Å². The Labute approximate surface area is 169 Å². The Morgan fingerprint density at radius 3 is 3.00 bits per heavy atom. The lowest BCUT2D eigenvalue weighted by Gasteiger charge is -2.26. The van der Waals surface area contributed by atoms with Gasteiger partial charge in [-0.25, -0.2) is 4.98 Å². The largest absolute Gasteiger partial charge is 0.378 e. The van der Waals surface area contributed by atoms with Crippen LogP contribution in [0.25, 0.3) is 0 Å². The molecular formula is C20H28N4O3S. The molecule has 0 bridgehead atoms. The molecule has 1 N–H and O–H groups in total. The van der Waals surface area contributed by atoms with E-state index in [1.54, 1.807) is 11.3 Å². The summed E-state index contributed by atoms with van der Waals surface area (Å²) in [6.45, 7) is 8.00. The standard InChI is InChI=1S/C20H28N4O3S/c1-13(2)9-15-11-16(27-23-15)12-21-19(25)14-3-4-18-17(10-14)22-20(28-18)24-5-7-26-8-6-24/h11,13-14H,3-10,12H2,1-2H3,(H,21,25). The van der Waals surface area contributed by atoms with Crippen LogP contribution < -0.4 is 10.2 Å². The minimum atomic E-state index is -0.0230. The zero-order valence-electron chi connectivity index (χ0n) is 16.6. The van der Waals surface area contributed by atoms with Gasteiger partial charge < -0.3 is 19.5 Å². The summed E-state index contributed by atoms with van der Waals surface area (Å²) >= 11 is 1.78. The third-order valence-electron chi connectivity index (χ3n) is 5.24. The number of nitrogens with zero attached hydrogens (tertiary/aromatic N) is 3. The smallest absolute Gasteiger partial charge is 0.223 e. The number of hydrogen-bond acceptors (Lipinski definition) is 7. The van der Waals surface area contributed by atoms with Crippen LogP contribution in [0.3, 0.4) is 0 Å². The average molecular weight is 405 g/mol. The molecule has 1 aliphatic carbocycles. The maximum absolute atomic E-state index is 12.6. The number of anilines is 1. The van der Waals surface area contributed by atoms with E-state index in [1.807, 2.05) is 6.07 Å². The van der Waals surface area contributed by atoms with Crippen molar-refractivity contribution in [1.82, 2.24) is 15.5 Å². The molecule has 1 amide bonds. The lowest BCUT2D eigenvalue weighted by molar-refractivity contribution is -0.125. The molecule has 1 fully saturated rings. The number of carbonyl (C=O) groups is 1. The highest BCUT2D eigenvalue weighted by Crippen LogP contribution is 2.34. The van der Waals surface area contributed by atoms with Gasteiger partial charge in [-0.15, -0.1) is 11.3 Å². The summed E-state index contributed by atoms with van der Waals surface area (Å²) in [5.41, 5.74) is 2.04. The molecule has 152 valence electrons. The van der Waals surface area contributed by atoms with Gasteiger partial charge in [-0.1, -0.05) is 19.0 Å². The molecule has 1 atom stereocenters. The van der Waals surface area contributed by atoms with Gasteiger partial charge in [0.2, 0.25) is 5.91 Å². The molecule has 2 aromatic heterocycles. The van der Waals surface area contributed by atoms with Gasteiger partial charge >= 0.3 is 0 Å². The molecule has 2 aromatic rings. The summed E-state index contributed by atoms with van der Waals surface area (Å²) in [6, 6.07) is 1.94. The second-order valence-corrected chi connectivity index (χ2v) is 9.07. The van der Waals surface area contributed by atoms with Gasteiger partial charge in [0.1, 0.15) is 0 Å². The van der Waals surface area contributed by atoms with Crippen LogP contribution in [0.1, 0.15) is 42.3 Å². The first-order chi connectivity index (χ1) is 13.6. The van der Waals surface area contributed by atoms with E-state index in [2.05, 4.69) is 29.2 Å². The van der Waals surface area contributed by atoms with Gasteiger partial charge in [-0.3, -0.25) is 4.79 Å². The van der Waals surface area contributed by atoms with Gasteiger partial charge in [0.15, 0.2) is 10.9 Å². The summed E-state index contributed by atoms with van der Waals surface area (Å²) in [5.74, 6) is 1.30. The first-order valence-corrected chi connectivity index (χ1v) is 10.9. The van der Waals surface area contributed by atoms with Gasteiger partial charge in [0, 0.05) is 36.4 Å². The molecule has 1 saturated heterocycles. The Kier molecular flexibility index (Phi) is 5.96. The van der Waals surface area contributed by atoms with Gasteiger partial charge in [-0.2, -0.15) is 0 Å². The molecule has 4 rings (SSSR count). The lowest BCUT2D eigenvalue weighted by Crippen LogP contribution is -2.36. The average Bonchev–Trinajstić information content (AvgIpc) is 3.32. The molecule has 1 aliphatic heterocycles. The second-order valence-electron chi connectivity index (χ2n) is 8.01. The van der Waals surface area contributed by atoms with Crippen LogP contribution in [0.15, 0.2) is 10.6 Å². The van der Waals surface area contributed by atoms with Gasteiger partial charge in [0.05, 0.1) is 31.1 Å². The zero-order chi connectivity index (χ0) is 19.5. The second kappa shape index (κ2) is 8.61. The van der Waals surface area contributed by atoms with Gasteiger partial charge in [0.25, 0.3) is 0 Å². The molecule has 3 heterocycles. The monoisotopic (exact) mass is 404 g/mol. The van der Waals surface area contributed by atoms with Crippen molar-refractivity contribution in [2.24, 2.45) is 11.8 Å². The predicted octanol–water partition coefficient (Wildman–Crippen LogP) is 2.59. The molecule has 0 spiro atoms. The molecule has 7 nitrogen and oxygen atoms in total. The number of fused-ring (bicyclic) bond motifs is 1. The van der Waals surface area contributed by atoms with Crippen molar-refractivity contribution in [3.8, 4) is 0 Å². The molecular weight excluding hydrogens is 376 g/mol. The van der Waals surface area contributed by atoms with Crippen molar-refractivity contribution >= 4 is 22.4 Å². The Bertz CT molecular complexity index is 810. The molecule has 2 aliphatic rings. The van der Waals surface area contributed by atoms with E-state index in [0.717, 1.165) is 68.5 Å². The summed E-state index contributed by atoms with van der Waals surface area (Å²) in [6.07, 6.45) is 3.41. The Balaban J connectivity index is 1.31. The molecule has 8 heteroatoms.